The first kappa shape index (κ1) is 16.8. The Morgan fingerprint density at radius 3 is 2.70 bits per heavy atom. The minimum atomic E-state index is -0.570. The van der Waals surface area contributed by atoms with Crippen molar-refractivity contribution < 1.29 is 4.79 Å². The van der Waals surface area contributed by atoms with Gasteiger partial charge < -0.3 is 10.6 Å². The summed E-state index contributed by atoms with van der Waals surface area (Å²) in [6, 6.07) is 10.4. The molecule has 0 spiro atoms. The molecule has 0 saturated carbocycles. The van der Waals surface area contributed by atoms with Gasteiger partial charge in [0.25, 0.3) is 5.91 Å². The van der Waals surface area contributed by atoms with E-state index < -0.39 is 5.91 Å². The maximum absolute atomic E-state index is 12.1. The normalized spacial score (nSPS) is 10.7. The first-order valence-electron chi connectivity index (χ1n) is 6.59. The van der Waals surface area contributed by atoms with Crippen molar-refractivity contribution in [2.24, 2.45) is 0 Å². The SMILES string of the molecule is N#C/C(=C/NCc1ccncc1)C(=O)Nc1cccc(Cl)c1Cl. The molecule has 0 fully saturated rings. The molecule has 0 radical (unpaired) electrons. The molecule has 0 saturated heterocycles. The molecule has 0 atom stereocenters. The van der Waals surface area contributed by atoms with Gasteiger partial charge in [-0.15, -0.1) is 0 Å². The highest BCUT2D eigenvalue weighted by molar-refractivity contribution is 6.44. The monoisotopic (exact) mass is 346 g/mol. The fourth-order valence-electron chi connectivity index (χ4n) is 1.71. The number of pyridine rings is 1. The Kier molecular flexibility index (Phi) is 5.98. The Hall–Kier alpha value is -2.55. The van der Waals surface area contributed by atoms with E-state index in [0.29, 0.717) is 17.3 Å². The molecule has 1 aromatic carbocycles. The Balaban J connectivity index is 2.02. The third-order valence-electron chi connectivity index (χ3n) is 2.87. The molecular formula is C16H12Cl2N4O. The number of nitrogens with zero attached hydrogens (tertiary/aromatic N) is 2. The van der Waals surface area contributed by atoms with Gasteiger partial charge in [0.1, 0.15) is 11.6 Å². The average Bonchev–Trinajstić information content (AvgIpc) is 2.56. The average molecular weight is 347 g/mol. The first-order valence-corrected chi connectivity index (χ1v) is 7.35. The van der Waals surface area contributed by atoms with Crippen molar-refractivity contribution in [2.75, 3.05) is 5.32 Å². The lowest BCUT2D eigenvalue weighted by Gasteiger charge is -2.08. The number of nitriles is 1. The van der Waals surface area contributed by atoms with Crippen LogP contribution in [0.1, 0.15) is 5.56 Å². The summed E-state index contributed by atoms with van der Waals surface area (Å²) in [5, 5.41) is 15.1. The zero-order valence-electron chi connectivity index (χ0n) is 11.9. The molecule has 1 aromatic heterocycles. The van der Waals surface area contributed by atoms with E-state index in [4.69, 9.17) is 28.5 Å². The van der Waals surface area contributed by atoms with E-state index in [1.54, 1.807) is 30.6 Å². The summed E-state index contributed by atoms with van der Waals surface area (Å²) in [6.45, 7) is 0.471. The number of amides is 1. The van der Waals surface area contributed by atoms with Gasteiger partial charge in [0.05, 0.1) is 15.7 Å². The largest absolute Gasteiger partial charge is 0.386 e. The highest BCUT2D eigenvalue weighted by atomic mass is 35.5. The van der Waals surface area contributed by atoms with Crippen LogP contribution in [-0.4, -0.2) is 10.9 Å². The Labute approximate surface area is 143 Å². The standard InChI is InChI=1S/C16H12Cl2N4O/c17-13-2-1-3-14(15(13)18)22-16(23)12(8-19)10-21-9-11-4-6-20-7-5-11/h1-7,10,21H,9H2,(H,22,23)/b12-10-. The van der Waals surface area contributed by atoms with Crippen molar-refractivity contribution in [3.8, 4) is 6.07 Å². The van der Waals surface area contributed by atoms with Crippen molar-refractivity contribution in [1.82, 2.24) is 10.3 Å². The minimum Gasteiger partial charge on any atom is -0.386 e. The van der Waals surface area contributed by atoms with E-state index >= 15 is 0 Å². The van der Waals surface area contributed by atoms with Crippen LogP contribution in [0.15, 0.2) is 54.5 Å². The van der Waals surface area contributed by atoms with Gasteiger partial charge >= 0.3 is 0 Å². The van der Waals surface area contributed by atoms with E-state index in [0.717, 1.165) is 5.56 Å². The van der Waals surface area contributed by atoms with Crippen LogP contribution in [0, 0.1) is 11.3 Å². The summed E-state index contributed by atoms with van der Waals surface area (Å²) in [5.41, 5.74) is 1.25. The van der Waals surface area contributed by atoms with Gasteiger partial charge in [-0.1, -0.05) is 29.3 Å². The second-order valence-corrected chi connectivity index (χ2v) is 5.25. The third kappa shape index (κ3) is 4.71. The van der Waals surface area contributed by atoms with Crippen LogP contribution >= 0.6 is 23.2 Å². The zero-order valence-corrected chi connectivity index (χ0v) is 13.4. The molecular weight excluding hydrogens is 335 g/mol. The fraction of sp³-hybridized carbons (Fsp3) is 0.0625. The number of hydrogen-bond acceptors (Lipinski definition) is 4. The molecule has 2 N–H and O–H groups in total. The van der Waals surface area contributed by atoms with Crippen molar-refractivity contribution in [3.63, 3.8) is 0 Å². The number of rotatable bonds is 5. The lowest BCUT2D eigenvalue weighted by atomic mass is 10.2. The number of halogens is 2. The van der Waals surface area contributed by atoms with E-state index in [-0.39, 0.29) is 10.6 Å². The van der Waals surface area contributed by atoms with Crippen LogP contribution < -0.4 is 10.6 Å². The van der Waals surface area contributed by atoms with E-state index in [2.05, 4.69) is 15.6 Å². The summed E-state index contributed by atoms with van der Waals surface area (Å²) in [5.74, 6) is -0.570. The van der Waals surface area contributed by atoms with E-state index in [1.165, 1.54) is 6.20 Å². The number of anilines is 1. The second kappa shape index (κ2) is 8.18. The van der Waals surface area contributed by atoms with Crippen LogP contribution in [0.3, 0.4) is 0 Å². The Morgan fingerprint density at radius 2 is 2.00 bits per heavy atom. The van der Waals surface area contributed by atoms with Gasteiger partial charge in [-0.25, -0.2) is 0 Å². The third-order valence-corrected chi connectivity index (χ3v) is 3.69. The van der Waals surface area contributed by atoms with Gasteiger partial charge in [0, 0.05) is 25.1 Å². The topological polar surface area (TPSA) is 77.8 Å². The van der Waals surface area contributed by atoms with Crippen molar-refractivity contribution in [3.05, 3.63) is 70.1 Å². The smallest absolute Gasteiger partial charge is 0.267 e. The predicted octanol–water partition coefficient (Wildman–Crippen LogP) is 3.52. The number of carbonyl (C=O) groups is 1. The van der Waals surface area contributed by atoms with Crippen molar-refractivity contribution in [2.45, 2.75) is 6.54 Å². The summed E-state index contributed by atoms with van der Waals surface area (Å²) in [7, 11) is 0. The molecule has 0 bridgehead atoms. The maximum Gasteiger partial charge on any atom is 0.267 e. The number of hydrogen-bond donors (Lipinski definition) is 2. The number of nitrogens with one attached hydrogen (secondary N) is 2. The Bertz CT molecular complexity index is 769. The minimum absolute atomic E-state index is 0.0740. The molecule has 1 amide bonds. The van der Waals surface area contributed by atoms with Gasteiger partial charge in [-0.3, -0.25) is 9.78 Å². The second-order valence-electron chi connectivity index (χ2n) is 4.46. The summed E-state index contributed by atoms with van der Waals surface area (Å²) < 4.78 is 0. The number of aromatic nitrogens is 1. The van der Waals surface area contributed by atoms with Crippen molar-refractivity contribution in [1.29, 1.82) is 5.26 Å². The number of benzene rings is 1. The first-order chi connectivity index (χ1) is 11.1. The lowest BCUT2D eigenvalue weighted by Crippen LogP contribution is -2.17. The van der Waals surface area contributed by atoms with Gasteiger partial charge in [0.2, 0.25) is 0 Å². The quantitative estimate of drug-likeness (QED) is 0.641. The molecule has 0 aliphatic rings. The Morgan fingerprint density at radius 1 is 1.26 bits per heavy atom. The molecule has 116 valence electrons. The molecule has 7 heteroatoms. The summed E-state index contributed by atoms with van der Waals surface area (Å²) >= 11 is 11.9. The molecule has 23 heavy (non-hydrogen) atoms. The van der Waals surface area contributed by atoms with E-state index in [9.17, 15) is 4.79 Å². The van der Waals surface area contributed by atoms with Crippen LogP contribution in [0.4, 0.5) is 5.69 Å². The molecule has 2 aromatic rings. The van der Waals surface area contributed by atoms with Gasteiger partial charge in [-0.2, -0.15) is 5.26 Å². The fourth-order valence-corrected chi connectivity index (χ4v) is 2.06. The zero-order chi connectivity index (χ0) is 16.7. The summed E-state index contributed by atoms with van der Waals surface area (Å²) in [4.78, 5) is 16.0. The molecule has 2 rings (SSSR count). The summed E-state index contributed by atoms with van der Waals surface area (Å²) in [6.07, 6.45) is 4.69. The molecule has 0 aliphatic carbocycles. The van der Waals surface area contributed by atoms with Crippen LogP contribution in [0.25, 0.3) is 0 Å². The lowest BCUT2D eigenvalue weighted by molar-refractivity contribution is -0.112. The van der Waals surface area contributed by atoms with Crippen molar-refractivity contribution >= 4 is 34.8 Å². The molecule has 0 unspecified atom stereocenters. The maximum atomic E-state index is 12.1. The predicted molar refractivity (Wildman–Crippen MR) is 89.9 cm³/mol. The van der Waals surface area contributed by atoms with E-state index in [1.807, 2.05) is 18.2 Å². The molecule has 5 nitrogen and oxygen atoms in total. The highest BCUT2D eigenvalue weighted by Gasteiger charge is 2.12. The van der Waals surface area contributed by atoms with Crippen LogP contribution in [0.5, 0.6) is 0 Å². The number of carbonyl (C=O) groups excluding carboxylic acids is 1. The van der Waals surface area contributed by atoms with Gasteiger partial charge in [-0.05, 0) is 29.8 Å². The van der Waals surface area contributed by atoms with Gasteiger partial charge in [0.15, 0.2) is 0 Å². The van der Waals surface area contributed by atoms with Crippen LogP contribution in [-0.2, 0) is 11.3 Å². The van der Waals surface area contributed by atoms with Crippen LogP contribution in [0.2, 0.25) is 10.0 Å². The molecule has 1 heterocycles. The highest BCUT2D eigenvalue weighted by Crippen LogP contribution is 2.29. The molecule has 0 aliphatic heterocycles.